The molecule has 0 unspecified atom stereocenters. The van der Waals surface area contributed by atoms with Gasteiger partial charge in [-0.05, 0) is 57.3 Å². The summed E-state index contributed by atoms with van der Waals surface area (Å²) in [6.07, 6.45) is 1.79. The lowest BCUT2D eigenvalue weighted by Gasteiger charge is -1.97. The van der Waals surface area contributed by atoms with Gasteiger partial charge < -0.3 is 0 Å². The highest BCUT2D eigenvalue weighted by molar-refractivity contribution is 14.1. The molecule has 0 amide bonds. The van der Waals surface area contributed by atoms with E-state index >= 15 is 0 Å². The highest BCUT2D eigenvalue weighted by atomic mass is 127. The Kier molecular flexibility index (Phi) is 2.44. The summed E-state index contributed by atoms with van der Waals surface area (Å²) >= 11 is 4.48. The van der Waals surface area contributed by atoms with Gasteiger partial charge in [0, 0.05) is 14.3 Å². The molecule has 4 heteroatoms. The molecule has 1 aromatic carbocycles. The first-order valence-corrected chi connectivity index (χ1v) is 5.49. The second-order valence-corrected chi connectivity index (χ2v) is 4.63. The van der Waals surface area contributed by atoms with E-state index in [9.17, 15) is 0 Å². The molecule has 60 valence electrons. The van der Waals surface area contributed by atoms with Crippen molar-refractivity contribution in [3.63, 3.8) is 0 Å². The van der Waals surface area contributed by atoms with Crippen molar-refractivity contribution in [1.82, 2.24) is 10.2 Å². The zero-order valence-corrected chi connectivity index (χ0v) is 10.3. The fourth-order valence-corrected chi connectivity index (χ4v) is 2.15. The number of rotatable bonds is 0. The van der Waals surface area contributed by atoms with Crippen LogP contribution in [-0.4, -0.2) is 10.2 Å². The third-order valence-corrected chi connectivity index (χ3v) is 3.05. The van der Waals surface area contributed by atoms with Crippen LogP contribution in [0.25, 0.3) is 10.8 Å². The molecule has 2 rings (SSSR count). The molecule has 0 aliphatic heterocycles. The summed E-state index contributed by atoms with van der Waals surface area (Å²) < 4.78 is 2.19. The zero-order valence-electron chi connectivity index (χ0n) is 5.96. The molecular weight excluding hydrogens is 378 g/mol. The monoisotopic (exact) mass is 382 g/mol. The molecule has 0 fully saturated rings. The first-order chi connectivity index (χ1) is 5.77. The van der Waals surface area contributed by atoms with E-state index in [-0.39, 0.29) is 0 Å². The summed E-state index contributed by atoms with van der Waals surface area (Å²) in [4.78, 5) is 0. The Morgan fingerprint density at radius 2 is 2.00 bits per heavy atom. The molecule has 0 aliphatic rings. The molecule has 1 heterocycles. The van der Waals surface area contributed by atoms with Gasteiger partial charge in [-0.2, -0.15) is 5.10 Å². The van der Waals surface area contributed by atoms with E-state index in [2.05, 4.69) is 73.6 Å². The summed E-state index contributed by atoms with van der Waals surface area (Å²) in [5.74, 6) is 0. The van der Waals surface area contributed by atoms with Gasteiger partial charge in [0.2, 0.25) is 0 Å². The maximum atomic E-state index is 3.97. The molecule has 0 atom stereocenters. The fourth-order valence-electron chi connectivity index (χ4n) is 1.02. The van der Waals surface area contributed by atoms with Crippen LogP contribution in [0.3, 0.4) is 0 Å². The number of nitrogens with zero attached hydrogens (tertiary/aromatic N) is 2. The number of hydrogen-bond acceptors (Lipinski definition) is 2. The quantitative estimate of drug-likeness (QED) is 0.656. The summed E-state index contributed by atoms with van der Waals surface area (Å²) in [6, 6.07) is 6.26. The topological polar surface area (TPSA) is 25.8 Å². The molecule has 0 radical (unpaired) electrons. The lowest BCUT2D eigenvalue weighted by Crippen LogP contribution is -1.87. The summed E-state index contributed by atoms with van der Waals surface area (Å²) in [5.41, 5.74) is 0. The lowest BCUT2D eigenvalue weighted by atomic mass is 10.2. The second-order valence-electron chi connectivity index (χ2n) is 2.37. The van der Waals surface area contributed by atoms with E-state index in [1.54, 1.807) is 6.20 Å². The summed E-state index contributed by atoms with van der Waals surface area (Å²) in [6.45, 7) is 0. The molecule has 0 aliphatic carbocycles. The van der Waals surface area contributed by atoms with Gasteiger partial charge in [-0.3, -0.25) is 0 Å². The minimum absolute atomic E-state index is 0.960. The average molecular weight is 382 g/mol. The van der Waals surface area contributed by atoms with Crippen LogP contribution in [-0.2, 0) is 0 Å². The molecule has 0 saturated heterocycles. The van der Waals surface area contributed by atoms with Gasteiger partial charge in [-0.1, -0.05) is 6.07 Å². The second kappa shape index (κ2) is 3.41. The van der Waals surface area contributed by atoms with Gasteiger partial charge >= 0.3 is 0 Å². The standard InChI is InChI=1S/C8H4I2N2/c9-6-1-2-7-5(3-6)4-11-12-8(7)10/h1-4H. The Morgan fingerprint density at radius 3 is 2.83 bits per heavy atom. The molecule has 12 heavy (non-hydrogen) atoms. The Morgan fingerprint density at radius 1 is 1.17 bits per heavy atom. The molecule has 2 nitrogen and oxygen atoms in total. The number of halogens is 2. The summed E-state index contributed by atoms with van der Waals surface area (Å²) in [7, 11) is 0. The van der Waals surface area contributed by atoms with Gasteiger partial charge in [-0.25, -0.2) is 0 Å². The van der Waals surface area contributed by atoms with Gasteiger partial charge in [-0.15, -0.1) is 5.10 Å². The van der Waals surface area contributed by atoms with E-state index in [4.69, 9.17) is 0 Å². The normalized spacial score (nSPS) is 10.5. The van der Waals surface area contributed by atoms with Gasteiger partial charge in [0.05, 0.1) is 6.20 Å². The van der Waals surface area contributed by atoms with Crippen molar-refractivity contribution in [2.24, 2.45) is 0 Å². The van der Waals surface area contributed by atoms with Crippen LogP contribution in [0.4, 0.5) is 0 Å². The van der Waals surface area contributed by atoms with Gasteiger partial charge in [0.15, 0.2) is 0 Å². The first-order valence-electron chi connectivity index (χ1n) is 3.34. The Bertz CT molecular complexity index is 428. The molecule has 1 aromatic heterocycles. The Hall–Kier alpha value is 0.0200. The highest BCUT2D eigenvalue weighted by Crippen LogP contribution is 2.19. The smallest absolute Gasteiger partial charge is 0.131 e. The number of aromatic nitrogens is 2. The zero-order chi connectivity index (χ0) is 8.55. The molecular formula is C8H4I2N2. The van der Waals surface area contributed by atoms with Crippen molar-refractivity contribution in [3.05, 3.63) is 31.7 Å². The van der Waals surface area contributed by atoms with Crippen LogP contribution in [0.15, 0.2) is 24.4 Å². The maximum absolute atomic E-state index is 3.97. The van der Waals surface area contributed by atoms with E-state index in [0.717, 1.165) is 9.09 Å². The van der Waals surface area contributed by atoms with Crippen LogP contribution in [0.5, 0.6) is 0 Å². The van der Waals surface area contributed by atoms with E-state index in [1.807, 2.05) is 0 Å². The van der Waals surface area contributed by atoms with Crippen molar-refractivity contribution in [2.45, 2.75) is 0 Å². The molecule has 0 bridgehead atoms. The fraction of sp³-hybridized carbons (Fsp3) is 0. The predicted molar refractivity (Wildman–Crippen MR) is 65.0 cm³/mol. The SMILES string of the molecule is Ic1ccc2c(I)nncc2c1. The van der Waals surface area contributed by atoms with Crippen molar-refractivity contribution < 1.29 is 0 Å². The first kappa shape index (κ1) is 8.61. The predicted octanol–water partition coefficient (Wildman–Crippen LogP) is 2.84. The molecule has 0 spiro atoms. The van der Waals surface area contributed by atoms with Crippen LogP contribution in [0, 0.1) is 7.27 Å². The van der Waals surface area contributed by atoms with Crippen LogP contribution >= 0.6 is 45.2 Å². The molecule has 2 aromatic rings. The van der Waals surface area contributed by atoms with Crippen molar-refractivity contribution in [1.29, 1.82) is 0 Å². The Balaban J connectivity index is 2.86. The van der Waals surface area contributed by atoms with E-state index < -0.39 is 0 Å². The van der Waals surface area contributed by atoms with E-state index in [0.29, 0.717) is 0 Å². The number of hydrogen-bond donors (Lipinski definition) is 0. The molecule has 0 N–H and O–H groups in total. The number of fused-ring (bicyclic) bond motifs is 1. The third kappa shape index (κ3) is 1.54. The van der Waals surface area contributed by atoms with Gasteiger partial charge in [0.25, 0.3) is 0 Å². The third-order valence-electron chi connectivity index (χ3n) is 1.58. The largest absolute Gasteiger partial charge is 0.157 e. The van der Waals surface area contributed by atoms with E-state index in [1.165, 1.54) is 8.96 Å². The number of benzene rings is 1. The molecule has 0 saturated carbocycles. The van der Waals surface area contributed by atoms with Crippen LogP contribution < -0.4 is 0 Å². The van der Waals surface area contributed by atoms with Crippen molar-refractivity contribution >= 4 is 56.0 Å². The van der Waals surface area contributed by atoms with Crippen molar-refractivity contribution in [3.8, 4) is 0 Å². The average Bonchev–Trinajstić information content (AvgIpc) is 2.04. The Labute approximate surface area is 97.0 Å². The van der Waals surface area contributed by atoms with Crippen LogP contribution in [0.2, 0.25) is 0 Å². The maximum Gasteiger partial charge on any atom is 0.131 e. The van der Waals surface area contributed by atoms with Gasteiger partial charge in [0.1, 0.15) is 3.70 Å². The minimum atomic E-state index is 0.960. The van der Waals surface area contributed by atoms with Crippen molar-refractivity contribution in [2.75, 3.05) is 0 Å². The highest BCUT2D eigenvalue weighted by Gasteiger charge is 1.99. The van der Waals surface area contributed by atoms with Crippen LogP contribution in [0.1, 0.15) is 0 Å². The minimum Gasteiger partial charge on any atom is -0.157 e. The lowest BCUT2D eigenvalue weighted by molar-refractivity contribution is 1.02. The summed E-state index contributed by atoms with van der Waals surface area (Å²) in [5, 5.41) is 10.2.